The van der Waals surface area contributed by atoms with Gasteiger partial charge < -0.3 is 4.74 Å². The molecule has 0 unspecified atom stereocenters. The number of hydrogen-bond acceptors (Lipinski definition) is 3. The molecule has 0 radical (unpaired) electrons. The Morgan fingerprint density at radius 1 is 1.33 bits per heavy atom. The second-order valence-electron chi connectivity index (χ2n) is 3.05. The Hall–Kier alpha value is -1.47. The molecule has 0 fully saturated rings. The van der Waals surface area contributed by atoms with Crippen LogP contribution in [-0.2, 0) is 9.84 Å². The molecule has 0 spiro atoms. The van der Waals surface area contributed by atoms with Gasteiger partial charge in [-0.25, -0.2) is 8.42 Å². The van der Waals surface area contributed by atoms with E-state index >= 15 is 0 Å². The van der Waals surface area contributed by atoms with Crippen LogP contribution in [0.1, 0.15) is 6.42 Å². The minimum Gasteiger partial charge on any atom is -0.493 e. The summed E-state index contributed by atoms with van der Waals surface area (Å²) in [6, 6.07) is 6.26. The van der Waals surface area contributed by atoms with E-state index in [1.807, 2.05) is 0 Å². The van der Waals surface area contributed by atoms with Crippen molar-refractivity contribution >= 4 is 9.84 Å². The average Bonchev–Trinajstić information content (AvgIpc) is 2.18. The van der Waals surface area contributed by atoms with Crippen molar-refractivity contribution in [1.82, 2.24) is 0 Å². The van der Waals surface area contributed by atoms with E-state index in [0.717, 1.165) is 0 Å². The normalized spacial score (nSPS) is 10.7. The van der Waals surface area contributed by atoms with Crippen LogP contribution in [0.3, 0.4) is 0 Å². The predicted molar refractivity (Wildman–Crippen MR) is 58.5 cm³/mol. The van der Waals surface area contributed by atoms with Crippen LogP contribution in [-0.4, -0.2) is 21.3 Å². The monoisotopic (exact) mass is 224 g/mol. The van der Waals surface area contributed by atoms with Crippen LogP contribution in [0.2, 0.25) is 0 Å². The number of rotatable bonds is 4. The first-order valence-corrected chi connectivity index (χ1v) is 6.29. The molecule has 4 heteroatoms. The van der Waals surface area contributed by atoms with E-state index in [9.17, 15) is 8.42 Å². The Balaban J connectivity index is 2.70. The zero-order valence-electron chi connectivity index (χ0n) is 8.43. The molecule has 3 nitrogen and oxygen atoms in total. The lowest BCUT2D eigenvalue weighted by molar-refractivity contribution is 0.327. The number of ether oxygens (including phenoxy) is 1. The SMILES string of the molecule is C#CCCOc1ccc(S(C)(=O)=O)cc1. The Morgan fingerprint density at radius 2 is 1.93 bits per heavy atom. The van der Waals surface area contributed by atoms with Crippen LogP contribution >= 0.6 is 0 Å². The maximum atomic E-state index is 11.1. The van der Waals surface area contributed by atoms with E-state index in [-0.39, 0.29) is 4.90 Å². The Labute approximate surface area is 90.0 Å². The molecule has 0 aliphatic rings. The summed E-state index contributed by atoms with van der Waals surface area (Å²) in [5, 5.41) is 0. The third kappa shape index (κ3) is 3.64. The van der Waals surface area contributed by atoms with Crippen molar-refractivity contribution < 1.29 is 13.2 Å². The van der Waals surface area contributed by atoms with Gasteiger partial charge in [0, 0.05) is 12.7 Å². The van der Waals surface area contributed by atoms with Crippen molar-refractivity contribution in [3.8, 4) is 18.1 Å². The predicted octanol–water partition coefficient (Wildman–Crippen LogP) is 1.49. The minimum absolute atomic E-state index is 0.284. The highest BCUT2D eigenvalue weighted by Gasteiger charge is 2.05. The van der Waals surface area contributed by atoms with E-state index in [2.05, 4.69) is 5.92 Å². The summed E-state index contributed by atoms with van der Waals surface area (Å²) < 4.78 is 27.6. The van der Waals surface area contributed by atoms with Crippen LogP contribution < -0.4 is 4.74 Å². The summed E-state index contributed by atoms with van der Waals surface area (Å²) in [5.41, 5.74) is 0. The fraction of sp³-hybridized carbons (Fsp3) is 0.273. The maximum absolute atomic E-state index is 11.1. The molecule has 0 saturated heterocycles. The largest absolute Gasteiger partial charge is 0.493 e. The van der Waals surface area contributed by atoms with E-state index in [0.29, 0.717) is 18.8 Å². The van der Waals surface area contributed by atoms with Crippen LogP contribution in [0.5, 0.6) is 5.75 Å². The molecule has 0 amide bonds. The van der Waals surface area contributed by atoms with Crippen LogP contribution in [0.4, 0.5) is 0 Å². The molecule has 0 saturated carbocycles. The smallest absolute Gasteiger partial charge is 0.175 e. The number of benzene rings is 1. The molecule has 1 aromatic rings. The zero-order valence-corrected chi connectivity index (χ0v) is 9.25. The van der Waals surface area contributed by atoms with Crippen molar-refractivity contribution in [2.24, 2.45) is 0 Å². The molecule has 1 aromatic carbocycles. The Kier molecular flexibility index (Phi) is 3.75. The standard InChI is InChI=1S/C11H12O3S/c1-3-4-9-14-10-5-7-11(8-6-10)15(2,12)13/h1,5-8H,4,9H2,2H3. The third-order valence-corrected chi connectivity index (χ3v) is 2.90. The molecule has 0 aromatic heterocycles. The molecular weight excluding hydrogens is 212 g/mol. The van der Waals surface area contributed by atoms with Gasteiger partial charge in [0.2, 0.25) is 0 Å². The van der Waals surface area contributed by atoms with E-state index in [4.69, 9.17) is 11.2 Å². The molecule has 0 aliphatic heterocycles. The van der Waals surface area contributed by atoms with Gasteiger partial charge in [0.15, 0.2) is 9.84 Å². The second kappa shape index (κ2) is 4.85. The topological polar surface area (TPSA) is 43.4 Å². The number of hydrogen-bond donors (Lipinski definition) is 0. The fourth-order valence-electron chi connectivity index (χ4n) is 1.01. The zero-order chi connectivity index (χ0) is 11.3. The van der Waals surface area contributed by atoms with Crippen LogP contribution in [0, 0.1) is 12.3 Å². The summed E-state index contributed by atoms with van der Waals surface area (Å²) in [7, 11) is -3.13. The third-order valence-electron chi connectivity index (χ3n) is 1.77. The van der Waals surface area contributed by atoms with Gasteiger partial charge in [-0.15, -0.1) is 12.3 Å². The molecular formula is C11H12O3S. The first kappa shape index (κ1) is 11.6. The van der Waals surface area contributed by atoms with Gasteiger partial charge in [0.1, 0.15) is 5.75 Å². The molecule has 0 aliphatic carbocycles. The van der Waals surface area contributed by atoms with Gasteiger partial charge in [-0.2, -0.15) is 0 Å². The van der Waals surface area contributed by atoms with Crippen LogP contribution in [0.15, 0.2) is 29.2 Å². The summed E-state index contributed by atoms with van der Waals surface area (Å²) in [4.78, 5) is 0.284. The summed E-state index contributed by atoms with van der Waals surface area (Å²) in [5.74, 6) is 3.08. The minimum atomic E-state index is -3.13. The van der Waals surface area contributed by atoms with Gasteiger partial charge in [0.05, 0.1) is 11.5 Å². The molecule has 80 valence electrons. The van der Waals surface area contributed by atoms with Crippen molar-refractivity contribution in [2.75, 3.05) is 12.9 Å². The van der Waals surface area contributed by atoms with Crippen LogP contribution in [0.25, 0.3) is 0 Å². The summed E-state index contributed by atoms with van der Waals surface area (Å²) >= 11 is 0. The van der Waals surface area contributed by atoms with Gasteiger partial charge in [-0.1, -0.05) is 0 Å². The Bertz CT molecular complexity index is 452. The van der Waals surface area contributed by atoms with E-state index < -0.39 is 9.84 Å². The van der Waals surface area contributed by atoms with Crippen molar-refractivity contribution in [2.45, 2.75) is 11.3 Å². The van der Waals surface area contributed by atoms with Crippen molar-refractivity contribution in [3.05, 3.63) is 24.3 Å². The van der Waals surface area contributed by atoms with Gasteiger partial charge >= 0.3 is 0 Å². The lowest BCUT2D eigenvalue weighted by Gasteiger charge is -2.04. The average molecular weight is 224 g/mol. The van der Waals surface area contributed by atoms with Crippen molar-refractivity contribution in [1.29, 1.82) is 0 Å². The van der Waals surface area contributed by atoms with Gasteiger partial charge in [-0.05, 0) is 24.3 Å². The Morgan fingerprint density at radius 3 is 2.40 bits per heavy atom. The molecule has 0 bridgehead atoms. The second-order valence-corrected chi connectivity index (χ2v) is 5.06. The molecule has 0 N–H and O–H groups in total. The summed E-state index contributed by atoms with van der Waals surface area (Å²) in [6.45, 7) is 0.439. The van der Waals surface area contributed by atoms with Crippen molar-refractivity contribution in [3.63, 3.8) is 0 Å². The first-order chi connectivity index (χ1) is 7.04. The quantitative estimate of drug-likeness (QED) is 0.575. The highest BCUT2D eigenvalue weighted by molar-refractivity contribution is 7.90. The molecule has 1 rings (SSSR count). The number of terminal acetylenes is 1. The molecule has 15 heavy (non-hydrogen) atoms. The van der Waals surface area contributed by atoms with Gasteiger partial charge in [-0.3, -0.25) is 0 Å². The lowest BCUT2D eigenvalue weighted by Crippen LogP contribution is -1.98. The van der Waals surface area contributed by atoms with Gasteiger partial charge in [0.25, 0.3) is 0 Å². The first-order valence-electron chi connectivity index (χ1n) is 4.40. The molecule has 0 atom stereocenters. The summed E-state index contributed by atoms with van der Waals surface area (Å²) in [6.07, 6.45) is 6.77. The fourth-order valence-corrected chi connectivity index (χ4v) is 1.64. The maximum Gasteiger partial charge on any atom is 0.175 e. The van der Waals surface area contributed by atoms with E-state index in [1.165, 1.54) is 18.4 Å². The highest BCUT2D eigenvalue weighted by atomic mass is 32.2. The molecule has 0 heterocycles. The lowest BCUT2D eigenvalue weighted by atomic mass is 10.3. The highest BCUT2D eigenvalue weighted by Crippen LogP contribution is 2.15. The number of sulfone groups is 1. The van der Waals surface area contributed by atoms with E-state index in [1.54, 1.807) is 12.1 Å².